The molecule has 1 saturated heterocycles. The molecule has 3 N–H and O–H groups in total. The lowest BCUT2D eigenvalue weighted by molar-refractivity contribution is 0.0564. The molecule has 0 aliphatic carbocycles. The van der Waals surface area contributed by atoms with Crippen molar-refractivity contribution in [2.45, 2.75) is 17.8 Å². The Kier molecular flexibility index (Phi) is 2.00. The third-order valence-corrected chi connectivity index (χ3v) is 2.05. The Bertz CT molecular complexity index is 97.1. The molecule has 0 aromatic heterocycles. The minimum Gasteiger partial charge on any atom is -0.380 e. The van der Waals surface area contributed by atoms with Crippen LogP contribution in [-0.2, 0) is 0 Å². The van der Waals surface area contributed by atoms with E-state index in [1.807, 2.05) is 0 Å². The summed E-state index contributed by atoms with van der Waals surface area (Å²) in [5.41, 5.74) is 0. The number of nitrogens with two attached hydrogens (primary N) is 1. The van der Waals surface area contributed by atoms with E-state index in [0.717, 1.165) is 13.1 Å². The van der Waals surface area contributed by atoms with E-state index >= 15 is 0 Å². The molecule has 0 radical (unpaired) electrons. The van der Waals surface area contributed by atoms with Crippen molar-refractivity contribution in [2.24, 2.45) is 5.84 Å². The summed E-state index contributed by atoms with van der Waals surface area (Å²) in [5.74, 6) is 5.44. The Morgan fingerprint density at radius 1 is 1.44 bits per heavy atom. The van der Waals surface area contributed by atoms with Gasteiger partial charge in [-0.05, 0) is 12.8 Å². The van der Waals surface area contributed by atoms with E-state index in [9.17, 15) is 5.11 Å². The summed E-state index contributed by atoms with van der Waals surface area (Å²) in [6, 6.07) is 0. The van der Waals surface area contributed by atoms with Crippen LogP contribution in [0.1, 0.15) is 12.8 Å². The number of hydrazine groups is 1. The number of rotatable bonds is 0. The van der Waals surface area contributed by atoms with Crippen LogP contribution in [0.25, 0.3) is 0 Å². The van der Waals surface area contributed by atoms with E-state index in [0.29, 0.717) is 12.8 Å². The molecule has 4 heteroatoms. The second-order valence-electron chi connectivity index (χ2n) is 2.52. The summed E-state index contributed by atoms with van der Waals surface area (Å²) < 4.78 is 0. The molecule has 1 rings (SSSR count). The van der Waals surface area contributed by atoms with Crippen LogP contribution in [0.5, 0.6) is 0 Å². The van der Waals surface area contributed by atoms with Gasteiger partial charge >= 0.3 is 0 Å². The summed E-state index contributed by atoms with van der Waals surface area (Å²) in [4.78, 5) is -0.768. The molecule has 0 unspecified atom stereocenters. The van der Waals surface area contributed by atoms with Crippen LogP contribution in [0.15, 0.2) is 0 Å². The Hall–Kier alpha value is 0.230. The van der Waals surface area contributed by atoms with Gasteiger partial charge in [-0.15, -0.1) is 12.6 Å². The van der Waals surface area contributed by atoms with Crippen LogP contribution in [0.2, 0.25) is 0 Å². The van der Waals surface area contributed by atoms with Crippen LogP contribution in [-0.4, -0.2) is 28.1 Å². The van der Waals surface area contributed by atoms with Crippen molar-refractivity contribution < 1.29 is 5.11 Å². The standard InChI is InChI=1S/C5H12N2OS/c6-7-3-1-5(8,9)2-4-7/h8-9H,1-4,6H2. The molecule has 1 aliphatic rings. The van der Waals surface area contributed by atoms with E-state index in [1.54, 1.807) is 5.01 Å². The SMILES string of the molecule is NN1CCC(O)(S)CC1. The van der Waals surface area contributed by atoms with E-state index in [4.69, 9.17) is 5.84 Å². The fraction of sp³-hybridized carbons (Fsp3) is 1.00. The van der Waals surface area contributed by atoms with Crippen molar-refractivity contribution >= 4 is 12.6 Å². The highest BCUT2D eigenvalue weighted by molar-refractivity contribution is 7.81. The molecule has 1 heterocycles. The highest BCUT2D eigenvalue weighted by Gasteiger charge is 2.26. The fourth-order valence-corrected chi connectivity index (χ4v) is 1.08. The second kappa shape index (κ2) is 2.46. The van der Waals surface area contributed by atoms with Crippen molar-refractivity contribution in [1.29, 1.82) is 0 Å². The molecule has 0 atom stereocenters. The number of thiol groups is 1. The van der Waals surface area contributed by atoms with Crippen LogP contribution in [0.4, 0.5) is 0 Å². The van der Waals surface area contributed by atoms with Gasteiger partial charge in [-0.25, -0.2) is 5.01 Å². The first-order chi connectivity index (χ1) is 4.10. The maximum atomic E-state index is 9.27. The van der Waals surface area contributed by atoms with Gasteiger partial charge in [0.25, 0.3) is 0 Å². The van der Waals surface area contributed by atoms with E-state index in [2.05, 4.69) is 12.6 Å². The van der Waals surface area contributed by atoms with Gasteiger partial charge in [0.1, 0.15) is 4.93 Å². The molecule has 0 bridgehead atoms. The van der Waals surface area contributed by atoms with E-state index in [-0.39, 0.29) is 0 Å². The van der Waals surface area contributed by atoms with Crippen molar-refractivity contribution in [2.75, 3.05) is 13.1 Å². The second-order valence-corrected chi connectivity index (χ2v) is 3.35. The van der Waals surface area contributed by atoms with Crippen LogP contribution in [0, 0.1) is 0 Å². The number of nitrogens with zero attached hydrogens (tertiary/aromatic N) is 1. The van der Waals surface area contributed by atoms with Gasteiger partial charge < -0.3 is 5.11 Å². The number of aliphatic hydroxyl groups is 1. The van der Waals surface area contributed by atoms with Gasteiger partial charge in [0.15, 0.2) is 0 Å². The summed E-state index contributed by atoms with van der Waals surface area (Å²) in [6.07, 6.45) is 1.32. The first-order valence-corrected chi connectivity index (χ1v) is 3.49. The quantitative estimate of drug-likeness (QED) is 0.248. The summed E-state index contributed by atoms with van der Waals surface area (Å²) in [5, 5.41) is 11.0. The van der Waals surface area contributed by atoms with Crippen molar-refractivity contribution in [3.8, 4) is 0 Å². The molecule has 54 valence electrons. The Morgan fingerprint density at radius 3 is 2.22 bits per heavy atom. The largest absolute Gasteiger partial charge is 0.380 e. The minimum atomic E-state index is -0.768. The topological polar surface area (TPSA) is 49.5 Å². The van der Waals surface area contributed by atoms with Crippen LogP contribution < -0.4 is 5.84 Å². The van der Waals surface area contributed by atoms with Crippen molar-refractivity contribution in [3.05, 3.63) is 0 Å². The monoisotopic (exact) mass is 148 g/mol. The highest BCUT2D eigenvalue weighted by atomic mass is 32.1. The normalized spacial score (nSPS) is 28.3. The third-order valence-electron chi connectivity index (χ3n) is 1.60. The molecule has 0 aromatic carbocycles. The van der Waals surface area contributed by atoms with Gasteiger partial charge in [-0.3, -0.25) is 5.84 Å². The van der Waals surface area contributed by atoms with Gasteiger partial charge in [-0.2, -0.15) is 0 Å². The zero-order chi connectivity index (χ0) is 6.91. The first-order valence-electron chi connectivity index (χ1n) is 3.04. The van der Waals surface area contributed by atoms with Gasteiger partial charge in [0.05, 0.1) is 0 Å². The molecular weight excluding hydrogens is 136 g/mol. The third kappa shape index (κ3) is 2.14. The molecule has 0 aromatic rings. The molecule has 9 heavy (non-hydrogen) atoms. The van der Waals surface area contributed by atoms with Gasteiger partial charge in [0, 0.05) is 13.1 Å². The Labute approximate surface area is 60.2 Å². The molecule has 1 fully saturated rings. The van der Waals surface area contributed by atoms with Gasteiger partial charge in [0.2, 0.25) is 0 Å². The molecule has 0 spiro atoms. The van der Waals surface area contributed by atoms with E-state index in [1.165, 1.54) is 0 Å². The number of piperidine rings is 1. The Balaban J connectivity index is 2.35. The molecule has 3 nitrogen and oxygen atoms in total. The Morgan fingerprint density at radius 2 is 1.89 bits per heavy atom. The fourth-order valence-electron chi connectivity index (χ4n) is 0.882. The van der Waals surface area contributed by atoms with Crippen LogP contribution in [0.3, 0.4) is 0 Å². The average molecular weight is 148 g/mol. The molecule has 0 saturated carbocycles. The maximum absolute atomic E-state index is 9.27. The maximum Gasteiger partial charge on any atom is 0.110 e. The predicted molar refractivity (Wildman–Crippen MR) is 38.9 cm³/mol. The minimum absolute atomic E-state index is 0.659. The van der Waals surface area contributed by atoms with Crippen molar-refractivity contribution in [3.63, 3.8) is 0 Å². The first kappa shape index (κ1) is 7.34. The zero-order valence-electron chi connectivity index (χ0n) is 5.25. The predicted octanol–water partition coefficient (Wildman–Crippen LogP) is -0.426. The van der Waals surface area contributed by atoms with Crippen LogP contribution >= 0.6 is 12.6 Å². The average Bonchev–Trinajstić information content (AvgIpc) is 1.78. The van der Waals surface area contributed by atoms with Gasteiger partial charge in [-0.1, -0.05) is 0 Å². The smallest absolute Gasteiger partial charge is 0.110 e. The zero-order valence-corrected chi connectivity index (χ0v) is 6.14. The summed E-state index contributed by atoms with van der Waals surface area (Å²) in [7, 11) is 0. The lowest BCUT2D eigenvalue weighted by Gasteiger charge is -2.32. The molecule has 1 aliphatic heterocycles. The molecule has 0 amide bonds. The van der Waals surface area contributed by atoms with E-state index < -0.39 is 4.93 Å². The van der Waals surface area contributed by atoms with Crippen molar-refractivity contribution in [1.82, 2.24) is 5.01 Å². The number of hydrogen-bond acceptors (Lipinski definition) is 4. The lowest BCUT2D eigenvalue weighted by atomic mass is 10.1. The summed E-state index contributed by atoms with van der Waals surface area (Å²) in [6.45, 7) is 1.47. The number of hydrogen-bond donors (Lipinski definition) is 3. The summed E-state index contributed by atoms with van der Waals surface area (Å²) >= 11 is 4.03. The highest BCUT2D eigenvalue weighted by Crippen LogP contribution is 2.23. The lowest BCUT2D eigenvalue weighted by Crippen LogP contribution is -2.44. The molecular formula is C5H12N2OS.